The van der Waals surface area contributed by atoms with Crippen molar-refractivity contribution in [1.82, 2.24) is 0 Å². The summed E-state index contributed by atoms with van der Waals surface area (Å²) in [6, 6.07) is 13.1. The second kappa shape index (κ2) is 6.83. The van der Waals surface area contributed by atoms with Gasteiger partial charge in [-0.25, -0.2) is 0 Å². The molecule has 0 aliphatic heterocycles. The van der Waals surface area contributed by atoms with Crippen molar-refractivity contribution in [2.75, 3.05) is 14.2 Å². The largest absolute Gasteiger partial charge is 0.497 e. The molecule has 0 amide bonds. The van der Waals surface area contributed by atoms with E-state index in [1.54, 1.807) is 42.5 Å². The number of rotatable bonds is 4. The molecule has 0 saturated carbocycles. The van der Waals surface area contributed by atoms with E-state index in [2.05, 4.69) is 0 Å². The van der Waals surface area contributed by atoms with Crippen LogP contribution < -0.4 is 4.74 Å². The van der Waals surface area contributed by atoms with Gasteiger partial charge in [-0.2, -0.15) is 0 Å². The average Bonchev–Trinajstić information content (AvgIpc) is 2.69. The minimum absolute atomic E-state index is 0.178. The highest BCUT2D eigenvalue weighted by Crippen LogP contribution is 2.49. The first-order valence-corrected chi connectivity index (χ1v) is 8.36. The van der Waals surface area contributed by atoms with Gasteiger partial charge >= 0.3 is 5.97 Å². The normalized spacial score (nSPS) is 24.0. The fraction of sp³-hybridized carbons (Fsp3) is 0.300. The molecular formula is C20H19NO6. The van der Waals surface area contributed by atoms with Gasteiger partial charge in [-0.15, -0.1) is 0 Å². The van der Waals surface area contributed by atoms with Gasteiger partial charge in [0.1, 0.15) is 5.75 Å². The summed E-state index contributed by atoms with van der Waals surface area (Å²) in [6.45, 7) is 1.27. The van der Waals surface area contributed by atoms with Crippen LogP contribution in [0.4, 0.5) is 0 Å². The van der Waals surface area contributed by atoms with Crippen LogP contribution in [0.3, 0.4) is 0 Å². The fourth-order valence-corrected chi connectivity index (χ4v) is 3.81. The van der Waals surface area contributed by atoms with Crippen LogP contribution in [0.25, 0.3) is 0 Å². The summed E-state index contributed by atoms with van der Waals surface area (Å²) in [4.78, 5) is 37.3. The number of benzene rings is 2. The molecule has 2 aromatic rings. The number of ether oxygens (including phenoxy) is 2. The van der Waals surface area contributed by atoms with Crippen LogP contribution in [0.1, 0.15) is 40.2 Å². The van der Waals surface area contributed by atoms with Crippen LogP contribution in [0, 0.1) is 10.1 Å². The van der Waals surface area contributed by atoms with Crippen molar-refractivity contribution in [3.05, 3.63) is 75.3 Å². The van der Waals surface area contributed by atoms with Crippen molar-refractivity contribution >= 4 is 11.8 Å². The van der Waals surface area contributed by atoms with E-state index >= 15 is 0 Å². The summed E-state index contributed by atoms with van der Waals surface area (Å²) < 4.78 is 10.1. The Morgan fingerprint density at radius 1 is 1.11 bits per heavy atom. The number of fused-ring (bicyclic) bond motifs is 1. The van der Waals surface area contributed by atoms with E-state index in [-0.39, 0.29) is 5.56 Å². The van der Waals surface area contributed by atoms with Crippen LogP contribution in [0.2, 0.25) is 0 Å². The fourth-order valence-electron chi connectivity index (χ4n) is 3.81. The molecule has 7 nitrogen and oxygen atoms in total. The van der Waals surface area contributed by atoms with E-state index in [1.807, 2.05) is 0 Å². The average molecular weight is 369 g/mol. The minimum atomic E-state index is -2.01. The lowest BCUT2D eigenvalue weighted by Crippen LogP contribution is -2.55. The standard InChI is InChI=1S/C20H19NO6/c1-20(21(24)25)17(12-8-10-13(26-2)11-9-12)16(19(23)27-3)14-6-4-5-7-15(14)18(20)22/h4-11,16-17H,1-3H3/t16-,17-,20+/m1/s1. The molecule has 7 heteroatoms. The Morgan fingerprint density at radius 2 is 1.74 bits per heavy atom. The Morgan fingerprint density at radius 3 is 2.30 bits per heavy atom. The summed E-state index contributed by atoms with van der Waals surface area (Å²) in [5.41, 5.74) is -0.901. The van der Waals surface area contributed by atoms with Crippen LogP contribution in [-0.4, -0.2) is 36.4 Å². The molecule has 3 rings (SSSR count). The molecule has 27 heavy (non-hydrogen) atoms. The molecule has 0 aromatic heterocycles. The Hall–Kier alpha value is -3.22. The second-order valence-electron chi connectivity index (χ2n) is 6.57. The van der Waals surface area contributed by atoms with Crippen LogP contribution in [0.15, 0.2) is 48.5 Å². The van der Waals surface area contributed by atoms with Gasteiger partial charge in [0.15, 0.2) is 0 Å². The number of ketones is 1. The third kappa shape index (κ3) is 2.75. The smallest absolute Gasteiger partial charge is 0.314 e. The zero-order chi connectivity index (χ0) is 19.8. The third-order valence-electron chi connectivity index (χ3n) is 5.25. The predicted molar refractivity (Wildman–Crippen MR) is 96.7 cm³/mol. The lowest BCUT2D eigenvalue weighted by Gasteiger charge is -2.38. The van der Waals surface area contributed by atoms with E-state index in [0.717, 1.165) is 0 Å². The molecule has 1 aliphatic carbocycles. The molecule has 1 aliphatic rings. The topological polar surface area (TPSA) is 95.7 Å². The van der Waals surface area contributed by atoms with E-state index in [1.165, 1.54) is 27.2 Å². The van der Waals surface area contributed by atoms with Crippen molar-refractivity contribution in [1.29, 1.82) is 0 Å². The maximum Gasteiger partial charge on any atom is 0.314 e. The number of carbonyl (C=O) groups excluding carboxylic acids is 2. The van der Waals surface area contributed by atoms with Crippen molar-refractivity contribution in [3.8, 4) is 5.75 Å². The Labute approximate surface area is 156 Å². The number of hydrogen-bond acceptors (Lipinski definition) is 6. The van der Waals surface area contributed by atoms with Gasteiger partial charge in [0.2, 0.25) is 5.78 Å². The molecule has 0 saturated heterocycles. The quantitative estimate of drug-likeness (QED) is 0.467. The van der Waals surface area contributed by atoms with Crippen molar-refractivity contribution in [2.45, 2.75) is 24.3 Å². The summed E-state index contributed by atoms with van der Waals surface area (Å²) in [7, 11) is 2.74. The van der Waals surface area contributed by atoms with Gasteiger partial charge in [0.25, 0.3) is 5.54 Å². The summed E-state index contributed by atoms with van der Waals surface area (Å²) in [5.74, 6) is -2.67. The van der Waals surface area contributed by atoms with Gasteiger partial charge in [0, 0.05) is 17.4 Å². The first-order valence-electron chi connectivity index (χ1n) is 8.36. The molecule has 0 fully saturated rings. The zero-order valence-corrected chi connectivity index (χ0v) is 15.2. The lowest BCUT2D eigenvalue weighted by atomic mass is 9.62. The Balaban J connectivity index is 2.31. The van der Waals surface area contributed by atoms with Gasteiger partial charge in [-0.05, 0) is 23.3 Å². The monoisotopic (exact) mass is 369 g/mol. The van der Waals surface area contributed by atoms with E-state index in [9.17, 15) is 19.7 Å². The van der Waals surface area contributed by atoms with Crippen LogP contribution in [-0.2, 0) is 9.53 Å². The third-order valence-corrected chi connectivity index (χ3v) is 5.25. The molecule has 0 radical (unpaired) electrons. The molecule has 2 aromatic carbocycles. The number of nitro groups is 1. The highest BCUT2D eigenvalue weighted by Gasteiger charge is 2.62. The van der Waals surface area contributed by atoms with Crippen LogP contribution in [0.5, 0.6) is 5.75 Å². The van der Waals surface area contributed by atoms with Gasteiger partial charge in [0.05, 0.1) is 26.1 Å². The van der Waals surface area contributed by atoms with Crippen LogP contribution >= 0.6 is 0 Å². The van der Waals surface area contributed by atoms with E-state index in [0.29, 0.717) is 16.9 Å². The molecule has 0 spiro atoms. The number of hydrogen-bond donors (Lipinski definition) is 0. The molecule has 140 valence electrons. The van der Waals surface area contributed by atoms with Crippen molar-refractivity contribution < 1.29 is 24.0 Å². The first-order chi connectivity index (χ1) is 12.9. The molecular weight excluding hydrogens is 350 g/mol. The van der Waals surface area contributed by atoms with Gasteiger partial charge in [-0.3, -0.25) is 19.7 Å². The molecule has 0 heterocycles. The second-order valence-corrected chi connectivity index (χ2v) is 6.57. The molecule has 0 bridgehead atoms. The van der Waals surface area contributed by atoms with Gasteiger partial charge in [-0.1, -0.05) is 36.4 Å². The Bertz CT molecular complexity index is 907. The maximum absolute atomic E-state index is 13.1. The van der Waals surface area contributed by atoms with Gasteiger partial charge < -0.3 is 9.47 Å². The highest BCUT2D eigenvalue weighted by molar-refractivity contribution is 6.07. The summed E-state index contributed by atoms with van der Waals surface area (Å²) in [5, 5.41) is 12.1. The first kappa shape index (κ1) is 18.6. The number of nitrogens with zero attached hydrogens (tertiary/aromatic N) is 1. The summed E-state index contributed by atoms with van der Waals surface area (Å²) in [6.07, 6.45) is 0. The van der Waals surface area contributed by atoms with E-state index in [4.69, 9.17) is 9.47 Å². The lowest BCUT2D eigenvalue weighted by molar-refractivity contribution is -0.551. The molecule has 0 N–H and O–H groups in total. The maximum atomic E-state index is 13.1. The number of methoxy groups -OCH3 is 2. The van der Waals surface area contributed by atoms with Crippen molar-refractivity contribution in [2.24, 2.45) is 0 Å². The summed E-state index contributed by atoms with van der Waals surface area (Å²) >= 11 is 0. The molecule has 3 atom stereocenters. The zero-order valence-electron chi connectivity index (χ0n) is 15.2. The number of esters is 1. The minimum Gasteiger partial charge on any atom is -0.497 e. The number of carbonyl (C=O) groups is 2. The number of Topliss-reactive ketones (excluding diaryl/α,β-unsaturated/α-hetero) is 1. The predicted octanol–water partition coefficient (Wildman–Crippen LogP) is 2.97. The van der Waals surface area contributed by atoms with Crippen molar-refractivity contribution in [3.63, 3.8) is 0 Å². The van der Waals surface area contributed by atoms with E-state index < -0.39 is 34.1 Å². The highest BCUT2D eigenvalue weighted by atomic mass is 16.6. The SMILES string of the molecule is COC(=O)[C@@H]1c2ccccc2C(=O)[C@@](C)([N+](=O)[O-])[C@@H]1c1ccc(OC)cc1. The Kier molecular flexibility index (Phi) is 4.70. The molecule has 0 unspecified atom stereocenters.